The highest BCUT2D eigenvalue weighted by Gasteiger charge is 2.11. The summed E-state index contributed by atoms with van der Waals surface area (Å²) in [6, 6.07) is 8.86. The van der Waals surface area contributed by atoms with Crippen molar-refractivity contribution >= 4 is 15.9 Å². The van der Waals surface area contributed by atoms with Crippen molar-refractivity contribution in [3.63, 3.8) is 0 Å². The minimum atomic E-state index is 0.367. The number of imidazole rings is 1. The van der Waals surface area contributed by atoms with E-state index in [1.807, 2.05) is 26.5 Å². The van der Waals surface area contributed by atoms with Crippen LogP contribution in [0.15, 0.2) is 41.1 Å². The summed E-state index contributed by atoms with van der Waals surface area (Å²) in [5.74, 6) is 1.10. The third kappa shape index (κ3) is 4.66. The molecule has 0 fully saturated rings. The van der Waals surface area contributed by atoms with Gasteiger partial charge in [-0.25, -0.2) is 4.98 Å². The van der Waals surface area contributed by atoms with Crippen molar-refractivity contribution in [3.05, 3.63) is 52.5 Å². The number of benzene rings is 1. The largest absolute Gasteiger partial charge is 0.337 e. The van der Waals surface area contributed by atoms with Gasteiger partial charge in [-0.2, -0.15) is 0 Å². The maximum atomic E-state index is 4.37. The Morgan fingerprint density at radius 1 is 1.43 bits per heavy atom. The van der Waals surface area contributed by atoms with E-state index in [2.05, 4.69) is 67.0 Å². The predicted octanol–water partition coefficient (Wildman–Crippen LogP) is 2.97. The van der Waals surface area contributed by atoms with E-state index in [1.54, 1.807) is 0 Å². The van der Waals surface area contributed by atoms with Crippen molar-refractivity contribution in [1.82, 2.24) is 19.8 Å². The second-order valence-electron chi connectivity index (χ2n) is 5.38. The Morgan fingerprint density at radius 2 is 2.24 bits per heavy atom. The SMILES string of the molecule is CNC(CCN(C)Cc1nccn1C)c1cccc(Br)c1. The molecule has 0 radical (unpaired) electrons. The number of nitrogens with zero attached hydrogens (tertiary/aromatic N) is 3. The second kappa shape index (κ2) is 7.73. The van der Waals surface area contributed by atoms with Crippen LogP contribution in [0.1, 0.15) is 23.9 Å². The zero-order chi connectivity index (χ0) is 15.2. The summed E-state index contributed by atoms with van der Waals surface area (Å²) in [4.78, 5) is 6.68. The van der Waals surface area contributed by atoms with Gasteiger partial charge >= 0.3 is 0 Å². The molecule has 2 rings (SSSR count). The normalized spacial score (nSPS) is 12.8. The highest BCUT2D eigenvalue weighted by Crippen LogP contribution is 2.20. The monoisotopic (exact) mass is 350 g/mol. The Hall–Kier alpha value is -1.17. The number of aromatic nitrogens is 2. The first-order valence-corrected chi connectivity index (χ1v) is 7.97. The highest BCUT2D eigenvalue weighted by molar-refractivity contribution is 9.10. The molecule has 0 aliphatic heterocycles. The van der Waals surface area contributed by atoms with E-state index in [1.165, 1.54) is 5.56 Å². The van der Waals surface area contributed by atoms with E-state index in [9.17, 15) is 0 Å². The van der Waals surface area contributed by atoms with Crippen molar-refractivity contribution in [2.75, 3.05) is 20.6 Å². The molecule has 0 aliphatic carbocycles. The summed E-state index contributed by atoms with van der Waals surface area (Å²) in [5.41, 5.74) is 1.32. The minimum Gasteiger partial charge on any atom is -0.337 e. The molecule has 1 N–H and O–H groups in total. The predicted molar refractivity (Wildman–Crippen MR) is 90.1 cm³/mol. The maximum Gasteiger partial charge on any atom is 0.122 e. The number of nitrogens with one attached hydrogen (secondary N) is 1. The van der Waals surface area contributed by atoms with Gasteiger partial charge in [-0.15, -0.1) is 0 Å². The second-order valence-corrected chi connectivity index (χ2v) is 6.29. The van der Waals surface area contributed by atoms with Gasteiger partial charge in [0.1, 0.15) is 5.82 Å². The van der Waals surface area contributed by atoms with Crippen LogP contribution in [0, 0.1) is 0 Å². The van der Waals surface area contributed by atoms with Crippen LogP contribution >= 0.6 is 15.9 Å². The molecule has 0 saturated heterocycles. The molecule has 5 heteroatoms. The molecular weight excluding hydrogens is 328 g/mol. The summed E-state index contributed by atoms with van der Waals surface area (Å²) in [6.45, 7) is 1.89. The third-order valence-electron chi connectivity index (χ3n) is 3.73. The molecule has 1 aromatic carbocycles. The number of halogens is 1. The molecule has 0 amide bonds. The smallest absolute Gasteiger partial charge is 0.122 e. The number of hydrogen-bond acceptors (Lipinski definition) is 3. The van der Waals surface area contributed by atoms with Crippen molar-refractivity contribution in [2.24, 2.45) is 7.05 Å². The lowest BCUT2D eigenvalue weighted by Gasteiger charge is -2.21. The van der Waals surface area contributed by atoms with Crippen LogP contribution in [0.2, 0.25) is 0 Å². The first-order chi connectivity index (χ1) is 10.1. The van der Waals surface area contributed by atoms with Gasteiger partial charge < -0.3 is 9.88 Å². The van der Waals surface area contributed by atoms with Gasteiger partial charge in [-0.1, -0.05) is 28.1 Å². The summed E-state index contributed by atoms with van der Waals surface area (Å²) < 4.78 is 3.20. The number of hydrogen-bond donors (Lipinski definition) is 1. The van der Waals surface area contributed by atoms with E-state index >= 15 is 0 Å². The molecule has 0 spiro atoms. The molecule has 0 bridgehead atoms. The van der Waals surface area contributed by atoms with E-state index in [0.717, 1.165) is 29.8 Å². The van der Waals surface area contributed by atoms with Crippen LogP contribution in [0.5, 0.6) is 0 Å². The zero-order valence-electron chi connectivity index (χ0n) is 12.9. The van der Waals surface area contributed by atoms with E-state index < -0.39 is 0 Å². The van der Waals surface area contributed by atoms with Gasteiger partial charge in [0.2, 0.25) is 0 Å². The van der Waals surface area contributed by atoms with Crippen LogP contribution < -0.4 is 5.32 Å². The fraction of sp³-hybridized carbons (Fsp3) is 0.438. The Labute approximate surface area is 135 Å². The van der Waals surface area contributed by atoms with Crippen LogP contribution in [0.3, 0.4) is 0 Å². The molecule has 0 saturated carbocycles. The van der Waals surface area contributed by atoms with Crippen molar-refractivity contribution in [2.45, 2.75) is 19.0 Å². The van der Waals surface area contributed by atoms with Gasteiger partial charge in [-0.3, -0.25) is 4.90 Å². The third-order valence-corrected chi connectivity index (χ3v) is 4.22. The quantitative estimate of drug-likeness (QED) is 0.833. The van der Waals surface area contributed by atoms with E-state index in [-0.39, 0.29) is 0 Å². The van der Waals surface area contributed by atoms with Crippen LogP contribution in [-0.2, 0) is 13.6 Å². The molecule has 1 unspecified atom stereocenters. The molecular formula is C16H23BrN4. The highest BCUT2D eigenvalue weighted by atomic mass is 79.9. The molecule has 1 heterocycles. The molecule has 114 valence electrons. The van der Waals surface area contributed by atoms with Crippen molar-refractivity contribution in [1.29, 1.82) is 0 Å². The molecule has 2 aromatic rings. The van der Waals surface area contributed by atoms with Crippen molar-refractivity contribution < 1.29 is 0 Å². The standard InChI is InChI=1S/C16H23BrN4/c1-18-15(13-5-4-6-14(17)11-13)7-9-20(2)12-16-19-8-10-21(16)3/h4-6,8,10-11,15,18H,7,9,12H2,1-3H3. The Kier molecular flexibility index (Phi) is 5.96. The molecule has 4 nitrogen and oxygen atoms in total. The van der Waals surface area contributed by atoms with Gasteiger partial charge in [0, 0.05) is 36.5 Å². The Balaban J connectivity index is 1.89. The topological polar surface area (TPSA) is 33.1 Å². The summed E-state index contributed by atoms with van der Waals surface area (Å²) in [7, 11) is 6.20. The van der Waals surface area contributed by atoms with Gasteiger partial charge in [0.25, 0.3) is 0 Å². The van der Waals surface area contributed by atoms with Crippen LogP contribution in [-0.4, -0.2) is 35.1 Å². The van der Waals surface area contributed by atoms with E-state index in [4.69, 9.17) is 0 Å². The Morgan fingerprint density at radius 3 is 2.86 bits per heavy atom. The minimum absolute atomic E-state index is 0.367. The Bertz CT molecular complexity index is 567. The molecule has 1 aromatic heterocycles. The fourth-order valence-corrected chi connectivity index (χ4v) is 2.84. The summed E-state index contributed by atoms with van der Waals surface area (Å²) >= 11 is 3.54. The molecule has 1 atom stereocenters. The van der Waals surface area contributed by atoms with Gasteiger partial charge in [0.15, 0.2) is 0 Å². The molecule has 21 heavy (non-hydrogen) atoms. The lowest BCUT2D eigenvalue weighted by molar-refractivity contribution is 0.294. The van der Waals surface area contributed by atoms with Crippen LogP contribution in [0.25, 0.3) is 0 Å². The van der Waals surface area contributed by atoms with Crippen LogP contribution in [0.4, 0.5) is 0 Å². The zero-order valence-corrected chi connectivity index (χ0v) is 14.5. The average Bonchev–Trinajstić information content (AvgIpc) is 2.85. The molecule has 0 aliphatic rings. The average molecular weight is 351 g/mol. The van der Waals surface area contributed by atoms with E-state index in [0.29, 0.717) is 6.04 Å². The number of aryl methyl sites for hydroxylation is 1. The van der Waals surface area contributed by atoms with Gasteiger partial charge in [-0.05, 0) is 38.2 Å². The van der Waals surface area contributed by atoms with Crippen molar-refractivity contribution in [3.8, 4) is 0 Å². The first kappa shape index (κ1) is 16.2. The first-order valence-electron chi connectivity index (χ1n) is 7.17. The summed E-state index contributed by atoms with van der Waals surface area (Å²) in [6.07, 6.45) is 4.90. The summed E-state index contributed by atoms with van der Waals surface area (Å²) in [5, 5.41) is 3.40. The fourth-order valence-electron chi connectivity index (χ4n) is 2.42. The maximum absolute atomic E-state index is 4.37. The lowest BCUT2D eigenvalue weighted by atomic mass is 10.0. The van der Waals surface area contributed by atoms with Gasteiger partial charge in [0.05, 0.1) is 6.54 Å². The number of rotatable bonds is 7. The lowest BCUT2D eigenvalue weighted by Crippen LogP contribution is -2.26.